The van der Waals surface area contributed by atoms with E-state index in [1.807, 2.05) is 37.8 Å². The molecule has 5 nitrogen and oxygen atoms in total. The first kappa shape index (κ1) is 19.1. The third-order valence-electron chi connectivity index (χ3n) is 4.27. The lowest BCUT2D eigenvalue weighted by Crippen LogP contribution is -2.50. The lowest BCUT2D eigenvalue weighted by Gasteiger charge is -2.34. The number of thiophene rings is 1. The minimum atomic E-state index is -0.0457. The summed E-state index contributed by atoms with van der Waals surface area (Å²) in [5, 5.41) is 3.11. The zero-order chi connectivity index (χ0) is 17.7. The van der Waals surface area contributed by atoms with E-state index in [1.165, 1.54) is 11.3 Å². The van der Waals surface area contributed by atoms with Gasteiger partial charge in [-0.3, -0.25) is 4.79 Å². The molecule has 2 heterocycles. The quantitative estimate of drug-likeness (QED) is 0.860. The maximum atomic E-state index is 12.5. The Labute approximate surface area is 153 Å². The molecule has 0 radical (unpaired) electrons. The number of carbonyl (C=O) groups is 2. The summed E-state index contributed by atoms with van der Waals surface area (Å²) in [5.41, 5.74) is 0. The van der Waals surface area contributed by atoms with Gasteiger partial charge in [0.1, 0.15) is 0 Å². The van der Waals surface area contributed by atoms with Crippen LogP contribution in [0.15, 0.2) is 12.1 Å². The largest absolute Gasteiger partial charge is 0.342 e. The summed E-state index contributed by atoms with van der Waals surface area (Å²) in [4.78, 5) is 29.3. The number of likely N-dealkylation sites (tertiary alicyclic amines) is 1. The van der Waals surface area contributed by atoms with E-state index in [0.29, 0.717) is 26.2 Å². The van der Waals surface area contributed by atoms with Crippen LogP contribution >= 0.6 is 22.9 Å². The van der Waals surface area contributed by atoms with E-state index in [0.717, 1.165) is 22.1 Å². The van der Waals surface area contributed by atoms with Crippen molar-refractivity contribution in [2.45, 2.75) is 46.2 Å². The Kier molecular flexibility index (Phi) is 6.92. The van der Waals surface area contributed by atoms with Gasteiger partial charge in [0.2, 0.25) is 5.91 Å². The summed E-state index contributed by atoms with van der Waals surface area (Å²) in [6.45, 7) is 8.47. The van der Waals surface area contributed by atoms with Crippen molar-refractivity contribution < 1.29 is 9.59 Å². The fourth-order valence-electron chi connectivity index (χ4n) is 2.83. The third kappa shape index (κ3) is 5.11. The molecule has 24 heavy (non-hydrogen) atoms. The van der Waals surface area contributed by atoms with Crippen LogP contribution in [0.4, 0.5) is 4.79 Å². The van der Waals surface area contributed by atoms with E-state index in [1.54, 1.807) is 4.90 Å². The van der Waals surface area contributed by atoms with Gasteiger partial charge >= 0.3 is 6.03 Å². The Morgan fingerprint density at radius 1 is 1.38 bits per heavy atom. The second-order valence-corrected chi connectivity index (χ2v) is 8.22. The smallest absolute Gasteiger partial charge is 0.317 e. The van der Waals surface area contributed by atoms with E-state index in [-0.39, 0.29) is 23.9 Å². The van der Waals surface area contributed by atoms with E-state index in [4.69, 9.17) is 11.6 Å². The Morgan fingerprint density at radius 2 is 2.04 bits per heavy atom. The Morgan fingerprint density at radius 3 is 2.54 bits per heavy atom. The minimum absolute atomic E-state index is 0.0318. The summed E-state index contributed by atoms with van der Waals surface area (Å²) in [5.74, 6) is 0.230. The van der Waals surface area contributed by atoms with E-state index in [2.05, 4.69) is 5.32 Å². The third-order valence-corrected chi connectivity index (χ3v) is 5.49. The second-order valence-electron chi connectivity index (χ2n) is 6.42. The molecule has 1 aliphatic rings. The highest BCUT2D eigenvalue weighted by atomic mass is 35.5. The SMILES string of the molecule is CCN(Cc1ccc(Cl)s1)C(=O)NC1CCN(C(=O)C(C)C)CC1. The monoisotopic (exact) mass is 371 g/mol. The summed E-state index contributed by atoms with van der Waals surface area (Å²) in [6.07, 6.45) is 1.62. The van der Waals surface area contributed by atoms with E-state index in [9.17, 15) is 9.59 Å². The van der Waals surface area contributed by atoms with Crippen LogP contribution in [0.1, 0.15) is 38.5 Å². The predicted molar refractivity (Wildman–Crippen MR) is 98.4 cm³/mol. The highest BCUT2D eigenvalue weighted by Gasteiger charge is 2.26. The van der Waals surface area contributed by atoms with Crippen molar-refractivity contribution in [3.05, 3.63) is 21.3 Å². The number of hydrogen-bond donors (Lipinski definition) is 1. The molecule has 2 rings (SSSR count). The number of nitrogens with one attached hydrogen (secondary N) is 1. The molecule has 134 valence electrons. The van der Waals surface area contributed by atoms with Gasteiger partial charge in [0, 0.05) is 36.5 Å². The van der Waals surface area contributed by atoms with Gasteiger partial charge in [-0.05, 0) is 31.9 Å². The topological polar surface area (TPSA) is 52.7 Å². The lowest BCUT2D eigenvalue weighted by molar-refractivity contribution is -0.135. The standard InChI is InChI=1S/C17H26ClN3O2S/c1-4-20(11-14-5-6-15(18)24-14)17(23)19-13-7-9-21(10-8-13)16(22)12(2)3/h5-6,12-13H,4,7-11H2,1-3H3,(H,19,23). The van der Waals surface area contributed by atoms with Crippen LogP contribution in [0.2, 0.25) is 4.34 Å². The fraction of sp³-hybridized carbons (Fsp3) is 0.647. The van der Waals surface area contributed by atoms with Crippen LogP contribution in [-0.2, 0) is 11.3 Å². The average Bonchev–Trinajstić information content (AvgIpc) is 2.97. The highest BCUT2D eigenvalue weighted by molar-refractivity contribution is 7.16. The van der Waals surface area contributed by atoms with Crippen LogP contribution in [0.5, 0.6) is 0 Å². The fourth-order valence-corrected chi connectivity index (χ4v) is 3.93. The molecule has 0 aliphatic carbocycles. The Bertz CT molecular complexity index is 568. The van der Waals surface area contributed by atoms with Crippen molar-refractivity contribution in [3.63, 3.8) is 0 Å². The van der Waals surface area contributed by atoms with Crippen LogP contribution in [-0.4, -0.2) is 47.4 Å². The molecule has 1 fully saturated rings. The molecule has 0 spiro atoms. The second kappa shape index (κ2) is 8.72. The normalized spacial score (nSPS) is 15.6. The van der Waals surface area contributed by atoms with E-state index < -0.39 is 0 Å². The summed E-state index contributed by atoms with van der Waals surface area (Å²) in [7, 11) is 0. The molecule has 0 saturated carbocycles. The molecule has 1 N–H and O–H groups in total. The van der Waals surface area contributed by atoms with Crippen molar-refractivity contribution in [1.82, 2.24) is 15.1 Å². The molecule has 3 amide bonds. The van der Waals surface area contributed by atoms with Gasteiger partial charge in [-0.1, -0.05) is 25.4 Å². The van der Waals surface area contributed by atoms with E-state index >= 15 is 0 Å². The summed E-state index contributed by atoms with van der Waals surface area (Å²) >= 11 is 7.45. The van der Waals surface area contributed by atoms with Crippen molar-refractivity contribution >= 4 is 34.9 Å². The zero-order valence-electron chi connectivity index (χ0n) is 14.5. The molecular weight excluding hydrogens is 346 g/mol. The number of rotatable bonds is 5. The molecule has 1 aliphatic heterocycles. The van der Waals surface area contributed by atoms with Crippen molar-refractivity contribution in [1.29, 1.82) is 0 Å². The molecule has 1 saturated heterocycles. The molecule has 0 unspecified atom stereocenters. The van der Waals surface area contributed by atoms with Crippen LogP contribution < -0.4 is 5.32 Å². The van der Waals surface area contributed by atoms with Gasteiger partial charge in [-0.2, -0.15) is 0 Å². The number of urea groups is 1. The molecule has 1 aromatic rings. The first-order valence-corrected chi connectivity index (χ1v) is 9.68. The first-order valence-electron chi connectivity index (χ1n) is 8.49. The molecular formula is C17H26ClN3O2S. The number of amides is 3. The van der Waals surface area contributed by atoms with Crippen molar-refractivity contribution in [2.24, 2.45) is 5.92 Å². The highest BCUT2D eigenvalue weighted by Crippen LogP contribution is 2.23. The lowest BCUT2D eigenvalue weighted by atomic mass is 10.0. The molecule has 0 atom stereocenters. The summed E-state index contributed by atoms with van der Waals surface area (Å²) < 4.78 is 0.739. The van der Waals surface area contributed by atoms with Gasteiger partial charge in [0.15, 0.2) is 0 Å². The first-order chi connectivity index (χ1) is 11.4. The number of piperidine rings is 1. The maximum absolute atomic E-state index is 12.5. The van der Waals surface area contributed by atoms with Gasteiger partial charge in [0.25, 0.3) is 0 Å². The summed E-state index contributed by atoms with van der Waals surface area (Å²) in [6, 6.07) is 3.90. The number of nitrogens with zero attached hydrogens (tertiary/aromatic N) is 2. The van der Waals surface area contributed by atoms with Crippen molar-refractivity contribution in [2.75, 3.05) is 19.6 Å². The van der Waals surface area contributed by atoms with Gasteiger partial charge in [0.05, 0.1) is 10.9 Å². The number of hydrogen-bond acceptors (Lipinski definition) is 3. The Hall–Kier alpha value is -1.27. The number of halogens is 1. The molecule has 0 bridgehead atoms. The van der Waals surface area contributed by atoms with Gasteiger partial charge in [-0.15, -0.1) is 11.3 Å². The van der Waals surface area contributed by atoms with Crippen LogP contribution in [0.25, 0.3) is 0 Å². The maximum Gasteiger partial charge on any atom is 0.317 e. The average molecular weight is 372 g/mol. The van der Waals surface area contributed by atoms with Gasteiger partial charge in [-0.25, -0.2) is 4.79 Å². The van der Waals surface area contributed by atoms with Crippen LogP contribution in [0.3, 0.4) is 0 Å². The zero-order valence-corrected chi connectivity index (χ0v) is 16.1. The molecule has 7 heteroatoms. The van der Waals surface area contributed by atoms with Gasteiger partial charge < -0.3 is 15.1 Å². The Balaban J connectivity index is 1.82. The van der Waals surface area contributed by atoms with Crippen LogP contribution in [0, 0.1) is 5.92 Å². The molecule has 0 aromatic carbocycles. The predicted octanol–water partition coefficient (Wildman–Crippen LogP) is 3.58. The van der Waals surface area contributed by atoms with Crippen molar-refractivity contribution in [3.8, 4) is 0 Å². The molecule has 1 aromatic heterocycles. The minimum Gasteiger partial charge on any atom is -0.342 e. The number of carbonyl (C=O) groups excluding carboxylic acids is 2.